The van der Waals surface area contributed by atoms with Crippen LogP contribution in [0.4, 0.5) is 4.39 Å². The van der Waals surface area contributed by atoms with Crippen LogP contribution < -0.4 is 15.8 Å². The van der Waals surface area contributed by atoms with Gasteiger partial charge in [-0.2, -0.15) is 4.68 Å². The van der Waals surface area contributed by atoms with E-state index in [-0.39, 0.29) is 18.5 Å². The number of halogens is 1. The summed E-state index contributed by atoms with van der Waals surface area (Å²) in [6.07, 6.45) is 0. The number of rotatable bonds is 6. The lowest BCUT2D eigenvalue weighted by atomic mass is 10.0. The molecule has 0 saturated heterocycles. The average Bonchev–Trinajstić information content (AvgIpc) is 3.02. The van der Waals surface area contributed by atoms with Crippen LogP contribution in [0.25, 0.3) is 11.5 Å². The number of carbonyl (C=O) groups excluding carboxylic acids is 1. The summed E-state index contributed by atoms with van der Waals surface area (Å²) >= 11 is 0. The van der Waals surface area contributed by atoms with Gasteiger partial charge < -0.3 is 14.5 Å². The van der Waals surface area contributed by atoms with Crippen molar-refractivity contribution in [3.63, 3.8) is 0 Å². The van der Waals surface area contributed by atoms with Crippen molar-refractivity contribution in [3.05, 3.63) is 70.0 Å². The summed E-state index contributed by atoms with van der Waals surface area (Å²) < 4.78 is 24.3. The van der Waals surface area contributed by atoms with Crippen molar-refractivity contribution in [2.45, 2.75) is 26.4 Å². The summed E-state index contributed by atoms with van der Waals surface area (Å²) in [5.41, 5.74) is 2.31. The molecule has 0 aliphatic carbocycles. The molecule has 146 valence electrons. The third-order valence-electron chi connectivity index (χ3n) is 4.22. The number of benzene rings is 2. The van der Waals surface area contributed by atoms with E-state index in [0.717, 1.165) is 15.8 Å². The van der Waals surface area contributed by atoms with Crippen LogP contribution in [0.15, 0.2) is 51.7 Å². The fraction of sp³-hybridized carbons (Fsp3) is 0.250. The zero-order valence-corrected chi connectivity index (χ0v) is 15.7. The van der Waals surface area contributed by atoms with E-state index in [2.05, 4.69) is 10.4 Å². The monoisotopic (exact) mass is 385 g/mol. The van der Waals surface area contributed by atoms with Crippen molar-refractivity contribution in [2.24, 2.45) is 0 Å². The maximum Gasteiger partial charge on any atom is 0.437 e. The fourth-order valence-electron chi connectivity index (χ4n) is 2.81. The Bertz CT molecular complexity index is 1040. The Balaban J connectivity index is 1.72. The van der Waals surface area contributed by atoms with Crippen LogP contribution in [0.5, 0.6) is 5.75 Å². The summed E-state index contributed by atoms with van der Waals surface area (Å²) in [6, 6.07) is 10.7. The van der Waals surface area contributed by atoms with Crippen LogP contribution in [0.2, 0.25) is 0 Å². The summed E-state index contributed by atoms with van der Waals surface area (Å²) in [4.78, 5) is 24.4. The number of nitrogens with zero attached hydrogens (tertiary/aromatic N) is 2. The highest BCUT2D eigenvalue weighted by atomic mass is 19.1. The van der Waals surface area contributed by atoms with E-state index in [1.165, 1.54) is 24.3 Å². The van der Waals surface area contributed by atoms with Crippen molar-refractivity contribution in [1.82, 2.24) is 15.1 Å². The number of methoxy groups -OCH3 is 1. The second-order valence-electron chi connectivity index (χ2n) is 6.37. The molecule has 0 bridgehead atoms. The molecule has 8 heteroatoms. The Morgan fingerprint density at radius 3 is 2.68 bits per heavy atom. The Kier molecular flexibility index (Phi) is 5.58. The van der Waals surface area contributed by atoms with Crippen molar-refractivity contribution < 1.29 is 18.3 Å². The lowest BCUT2D eigenvalue weighted by Crippen LogP contribution is -2.33. The number of hydrogen-bond acceptors (Lipinski definition) is 5. The van der Waals surface area contributed by atoms with Gasteiger partial charge in [-0.3, -0.25) is 4.79 Å². The quantitative estimate of drug-likeness (QED) is 0.705. The second-order valence-corrected chi connectivity index (χ2v) is 6.37. The number of hydrogen-bond donors (Lipinski definition) is 1. The predicted octanol–water partition coefficient (Wildman–Crippen LogP) is 2.84. The Morgan fingerprint density at radius 2 is 2.00 bits per heavy atom. The van der Waals surface area contributed by atoms with E-state index in [9.17, 15) is 14.0 Å². The summed E-state index contributed by atoms with van der Waals surface area (Å²) in [6.45, 7) is 3.47. The number of nitrogens with one attached hydrogen (secondary N) is 1. The van der Waals surface area contributed by atoms with Crippen LogP contribution >= 0.6 is 0 Å². The number of aromatic nitrogens is 2. The van der Waals surface area contributed by atoms with Crippen LogP contribution in [0.3, 0.4) is 0 Å². The molecule has 3 rings (SSSR count). The third kappa shape index (κ3) is 4.28. The number of aryl methyl sites for hydroxylation is 1. The Labute approximate surface area is 160 Å². The molecular formula is C20H20FN3O4. The van der Waals surface area contributed by atoms with Gasteiger partial charge in [-0.1, -0.05) is 17.7 Å². The maximum atomic E-state index is 13.0. The predicted molar refractivity (Wildman–Crippen MR) is 100 cm³/mol. The molecule has 1 N–H and O–H groups in total. The molecule has 0 spiro atoms. The average molecular weight is 385 g/mol. The van der Waals surface area contributed by atoms with E-state index in [4.69, 9.17) is 9.15 Å². The third-order valence-corrected chi connectivity index (χ3v) is 4.22. The van der Waals surface area contributed by atoms with Crippen LogP contribution in [0, 0.1) is 12.7 Å². The van der Waals surface area contributed by atoms with Crippen molar-refractivity contribution >= 4 is 5.91 Å². The van der Waals surface area contributed by atoms with Crippen LogP contribution in [-0.4, -0.2) is 22.8 Å². The minimum Gasteiger partial charge on any atom is -0.496 e. The standard InChI is InChI=1S/C20H20FN3O4/c1-12-4-9-17(27-3)16(10-12)13(2)22-18(25)11-24-20(26)28-19(23-24)14-5-7-15(21)8-6-14/h4-10,13H,11H2,1-3H3,(H,22,25)/t13-/m0/s1. The van der Waals surface area contributed by atoms with Crippen LogP contribution in [0.1, 0.15) is 24.1 Å². The van der Waals surface area contributed by atoms with Crippen molar-refractivity contribution in [3.8, 4) is 17.2 Å². The van der Waals surface area contributed by atoms with Crippen molar-refractivity contribution in [2.75, 3.05) is 7.11 Å². The molecule has 0 aliphatic rings. The highest BCUT2D eigenvalue weighted by Crippen LogP contribution is 2.26. The van der Waals surface area contributed by atoms with Crippen LogP contribution in [-0.2, 0) is 11.3 Å². The van der Waals surface area contributed by atoms with Gasteiger partial charge in [-0.25, -0.2) is 9.18 Å². The largest absolute Gasteiger partial charge is 0.496 e. The lowest BCUT2D eigenvalue weighted by molar-refractivity contribution is -0.122. The normalized spacial score (nSPS) is 11.9. The molecule has 1 aromatic heterocycles. The molecular weight excluding hydrogens is 365 g/mol. The molecule has 0 fully saturated rings. The molecule has 28 heavy (non-hydrogen) atoms. The molecule has 0 aliphatic heterocycles. The SMILES string of the molecule is COc1ccc(C)cc1[C@H](C)NC(=O)Cn1nc(-c2ccc(F)cc2)oc1=O. The first-order valence-corrected chi connectivity index (χ1v) is 8.65. The zero-order chi connectivity index (χ0) is 20.3. The molecule has 0 radical (unpaired) electrons. The molecule has 3 aromatic rings. The van der Waals surface area contributed by atoms with Gasteiger partial charge >= 0.3 is 5.76 Å². The highest BCUT2D eigenvalue weighted by molar-refractivity contribution is 5.76. The minimum absolute atomic E-state index is 0.0196. The molecule has 7 nitrogen and oxygen atoms in total. The van der Waals surface area contributed by atoms with Gasteiger partial charge in [0.05, 0.1) is 13.2 Å². The van der Waals surface area contributed by atoms with Gasteiger partial charge in [0.2, 0.25) is 11.8 Å². The first-order valence-electron chi connectivity index (χ1n) is 8.65. The first kappa shape index (κ1) is 19.3. The van der Waals surface area contributed by atoms with Gasteiger partial charge in [0, 0.05) is 11.1 Å². The number of amides is 1. The first-order chi connectivity index (χ1) is 13.4. The number of ether oxygens (including phenoxy) is 1. The maximum absolute atomic E-state index is 13.0. The van der Waals surface area contributed by atoms with Gasteiger partial charge in [0.15, 0.2) is 0 Å². The zero-order valence-electron chi connectivity index (χ0n) is 15.7. The van der Waals surface area contributed by atoms with E-state index in [1.54, 1.807) is 7.11 Å². The highest BCUT2D eigenvalue weighted by Gasteiger charge is 2.17. The van der Waals surface area contributed by atoms with Crippen molar-refractivity contribution in [1.29, 1.82) is 0 Å². The Morgan fingerprint density at radius 1 is 1.29 bits per heavy atom. The molecule has 0 saturated carbocycles. The summed E-state index contributed by atoms with van der Waals surface area (Å²) in [5.74, 6) is -0.903. The molecule has 0 unspecified atom stereocenters. The fourth-order valence-corrected chi connectivity index (χ4v) is 2.81. The smallest absolute Gasteiger partial charge is 0.437 e. The second kappa shape index (κ2) is 8.08. The van der Waals surface area contributed by atoms with Gasteiger partial charge in [-0.05, 0) is 44.2 Å². The van der Waals surface area contributed by atoms with E-state index in [0.29, 0.717) is 11.3 Å². The van der Waals surface area contributed by atoms with Gasteiger partial charge in [-0.15, -0.1) is 5.10 Å². The van der Waals surface area contributed by atoms with E-state index >= 15 is 0 Å². The molecule has 1 heterocycles. The number of carbonyl (C=O) groups is 1. The van der Waals surface area contributed by atoms with E-state index in [1.807, 2.05) is 32.0 Å². The topological polar surface area (TPSA) is 86.4 Å². The molecule has 1 amide bonds. The molecule has 1 atom stereocenters. The van der Waals surface area contributed by atoms with E-state index < -0.39 is 17.5 Å². The summed E-state index contributed by atoms with van der Waals surface area (Å²) in [5, 5.41) is 6.83. The lowest BCUT2D eigenvalue weighted by Gasteiger charge is -2.17. The van der Waals surface area contributed by atoms with Gasteiger partial charge in [0.25, 0.3) is 0 Å². The minimum atomic E-state index is -0.768. The van der Waals surface area contributed by atoms with Gasteiger partial charge in [0.1, 0.15) is 18.1 Å². The summed E-state index contributed by atoms with van der Waals surface area (Å²) in [7, 11) is 1.56. The molecule has 2 aromatic carbocycles. The Hall–Kier alpha value is -3.42.